The minimum absolute atomic E-state index is 0.721. The van der Waals surface area contributed by atoms with E-state index in [1.54, 1.807) is 6.20 Å². The van der Waals surface area contributed by atoms with Crippen molar-refractivity contribution < 1.29 is 0 Å². The van der Waals surface area contributed by atoms with E-state index in [1.165, 1.54) is 30.4 Å². The maximum atomic E-state index is 6.02. The lowest BCUT2D eigenvalue weighted by Crippen LogP contribution is -2.10. The van der Waals surface area contributed by atoms with Gasteiger partial charge < -0.3 is 5.73 Å². The Kier molecular flexibility index (Phi) is 2.56. The molecule has 1 fully saturated rings. The van der Waals surface area contributed by atoms with E-state index in [2.05, 4.69) is 29.2 Å². The topological polar surface area (TPSA) is 38.9 Å². The quantitative estimate of drug-likeness (QED) is 0.846. The van der Waals surface area contributed by atoms with Gasteiger partial charge in [0.2, 0.25) is 0 Å². The first-order valence-electron chi connectivity index (χ1n) is 6.15. The molecule has 17 heavy (non-hydrogen) atoms. The lowest BCUT2D eigenvalue weighted by molar-refractivity contribution is 0.420. The van der Waals surface area contributed by atoms with Crippen LogP contribution in [0.1, 0.15) is 30.7 Å². The van der Waals surface area contributed by atoms with Crippen molar-refractivity contribution in [3.63, 3.8) is 0 Å². The van der Waals surface area contributed by atoms with Gasteiger partial charge in [-0.15, -0.1) is 0 Å². The largest absolute Gasteiger partial charge is 0.397 e. The Bertz CT molecular complexity index is 530. The van der Waals surface area contributed by atoms with Gasteiger partial charge in [0.1, 0.15) is 0 Å². The van der Waals surface area contributed by atoms with E-state index < -0.39 is 0 Å². The van der Waals surface area contributed by atoms with Crippen LogP contribution in [0.4, 0.5) is 5.69 Å². The molecule has 2 aromatic rings. The Labute approximate surface area is 102 Å². The molecule has 1 aromatic carbocycles. The van der Waals surface area contributed by atoms with Crippen LogP contribution in [0.25, 0.3) is 11.1 Å². The highest BCUT2D eigenvalue weighted by Crippen LogP contribution is 2.41. The lowest BCUT2D eigenvalue weighted by atomic mass is 9.77. The summed E-state index contributed by atoms with van der Waals surface area (Å²) in [6, 6.07) is 10.6. The fourth-order valence-corrected chi connectivity index (χ4v) is 2.47. The molecule has 1 aliphatic rings. The highest BCUT2D eigenvalue weighted by Gasteiger charge is 2.22. The van der Waals surface area contributed by atoms with Gasteiger partial charge >= 0.3 is 0 Å². The molecule has 1 heterocycles. The van der Waals surface area contributed by atoms with Crippen LogP contribution in [-0.2, 0) is 0 Å². The SMILES string of the molecule is Nc1cnccc1-c1ccccc1C1CCC1. The summed E-state index contributed by atoms with van der Waals surface area (Å²) in [5.41, 5.74) is 10.6. The Morgan fingerprint density at radius 1 is 1.06 bits per heavy atom. The number of hydrogen-bond donors (Lipinski definition) is 1. The number of anilines is 1. The molecule has 2 N–H and O–H groups in total. The minimum Gasteiger partial charge on any atom is -0.397 e. The van der Waals surface area contributed by atoms with Crippen LogP contribution >= 0.6 is 0 Å². The number of nitrogens with zero attached hydrogens (tertiary/aromatic N) is 1. The number of benzene rings is 1. The molecule has 0 unspecified atom stereocenters. The summed E-state index contributed by atoms with van der Waals surface area (Å²) in [4.78, 5) is 4.05. The van der Waals surface area contributed by atoms with Gasteiger partial charge in [-0.3, -0.25) is 4.98 Å². The third-order valence-electron chi connectivity index (χ3n) is 3.65. The van der Waals surface area contributed by atoms with Gasteiger partial charge in [-0.2, -0.15) is 0 Å². The first-order valence-corrected chi connectivity index (χ1v) is 6.15. The van der Waals surface area contributed by atoms with Gasteiger partial charge in [-0.25, -0.2) is 0 Å². The van der Waals surface area contributed by atoms with Crippen molar-refractivity contribution in [2.45, 2.75) is 25.2 Å². The second kappa shape index (κ2) is 4.21. The maximum Gasteiger partial charge on any atom is 0.0580 e. The van der Waals surface area contributed by atoms with Gasteiger partial charge in [-0.05, 0) is 36.0 Å². The first kappa shape index (κ1) is 10.3. The average molecular weight is 224 g/mol. The standard InChI is InChI=1S/C15H16N2/c16-15-10-17-9-8-14(15)13-7-2-1-6-12(13)11-4-3-5-11/h1-2,6-11H,3-5,16H2. The van der Waals surface area contributed by atoms with Crippen LogP contribution in [0.5, 0.6) is 0 Å². The van der Waals surface area contributed by atoms with Crippen molar-refractivity contribution in [1.82, 2.24) is 4.98 Å². The van der Waals surface area contributed by atoms with E-state index in [0.29, 0.717) is 0 Å². The number of pyridine rings is 1. The van der Waals surface area contributed by atoms with Gasteiger partial charge in [0.25, 0.3) is 0 Å². The van der Waals surface area contributed by atoms with Crippen molar-refractivity contribution in [3.8, 4) is 11.1 Å². The summed E-state index contributed by atoms with van der Waals surface area (Å²) >= 11 is 0. The molecule has 3 rings (SSSR count). The van der Waals surface area contributed by atoms with E-state index in [4.69, 9.17) is 5.73 Å². The summed E-state index contributed by atoms with van der Waals surface area (Å²) in [7, 11) is 0. The maximum absolute atomic E-state index is 6.02. The predicted octanol–water partition coefficient (Wildman–Crippen LogP) is 3.60. The van der Waals surface area contributed by atoms with Crippen LogP contribution < -0.4 is 5.73 Å². The van der Waals surface area contributed by atoms with Crippen LogP contribution in [0.3, 0.4) is 0 Å². The Balaban J connectivity index is 2.11. The van der Waals surface area contributed by atoms with Crippen LogP contribution in [0.15, 0.2) is 42.7 Å². The number of aromatic nitrogens is 1. The molecule has 0 aliphatic heterocycles. The zero-order valence-corrected chi connectivity index (χ0v) is 9.76. The second-order valence-corrected chi connectivity index (χ2v) is 4.68. The first-order chi connectivity index (χ1) is 8.36. The van der Waals surface area contributed by atoms with Crippen molar-refractivity contribution in [2.75, 3.05) is 5.73 Å². The molecule has 1 saturated carbocycles. The van der Waals surface area contributed by atoms with Gasteiger partial charge in [0.15, 0.2) is 0 Å². The Morgan fingerprint density at radius 3 is 2.59 bits per heavy atom. The fraction of sp³-hybridized carbons (Fsp3) is 0.267. The smallest absolute Gasteiger partial charge is 0.0580 e. The lowest BCUT2D eigenvalue weighted by Gasteiger charge is -2.28. The zero-order chi connectivity index (χ0) is 11.7. The van der Waals surface area contributed by atoms with Crippen LogP contribution in [-0.4, -0.2) is 4.98 Å². The normalized spacial score (nSPS) is 15.5. The highest BCUT2D eigenvalue weighted by atomic mass is 14.7. The van der Waals surface area contributed by atoms with Crippen LogP contribution in [0.2, 0.25) is 0 Å². The van der Waals surface area contributed by atoms with Gasteiger partial charge in [0.05, 0.1) is 11.9 Å². The third-order valence-corrected chi connectivity index (χ3v) is 3.65. The second-order valence-electron chi connectivity index (χ2n) is 4.68. The Hall–Kier alpha value is -1.83. The monoisotopic (exact) mass is 224 g/mol. The highest BCUT2D eigenvalue weighted by molar-refractivity contribution is 5.78. The third kappa shape index (κ3) is 1.80. The molecule has 2 nitrogen and oxygen atoms in total. The van der Waals surface area contributed by atoms with Crippen LogP contribution in [0, 0.1) is 0 Å². The Morgan fingerprint density at radius 2 is 1.88 bits per heavy atom. The molecule has 1 aliphatic carbocycles. The minimum atomic E-state index is 0.721. The summed E-state index contributed by atoms with van der Waals surface area (Å²) in [6.45, 7) is 0. The van der Waals surface area contributed by atoms with Gasteiger partial charge in [-0.1, -0.05) is 30.7 Å². The van der Waals surface area contributed by atoms with E-state index in [1.807, 2.05) is 12.3 Å². The summed E-state index contributed by atoms with van der Waals surface area (Å²) in [5.74, 6) is 0.721. The molecular formula is C15H16N2. The predicted molar refractivity (Wildman–Crippen MR) is 70.7 cm³/mol. The average Bonchev–Trinajstić information content (AvgIpc) is 2.29. The molecule has 0 spiro atoms. The number of rotatable bonds is 2. The van der Waals surface area contributed by atoms with Crippen molar-refractivity contribution in [2.24, 2.45) is 0 Å². The molecule has 86 valence electrons. The van der Waals surface area contributed by atoms with E-state index in [-0.39, 0.29) is 0 Å². The van der Waals surface area contributed by atoms with E-state index in [9.17, 15) is 0 Å². The molecule has 0 atom stereocenters. The zero-order valence-electron chi connectivity index (χ0n) is 9.76. The molecule has 2 heteroatoms. The van der Waals surface area contributed by atoms with Gasteiger partial charge in [0, 0.05) is 11.8 Å². The molecule has 0 amide bonds. The molecule has 1 aromatic heterocycles. The molecule has 0 bridgehead atoms. The summed E-state index contributed by atoms with van der Waals surface area (Å²) in [5, 5.41) is 0. The van der Waals surface area contributed by atoms with Crippen molar-refractivity contribution in [3.05, 3.63) is 48.3 Å². The van der Waals surface area contributed by atoms with Crippen molar-refractivity contribution >= 4 is 5.69 Å². The molecule has 0 saturated heterocycles. The molecule has 0 radical (unpaired) electrons. The van der Waals surface area contributed by atoms with E-state index in [0.717, 1.165) is 17.2 Å². The summed E-state index contributed by atoms with van der Waals surface area (Å²) < 4.78 is 0. The van der Waals surface area contributed by atoms with Crippen molar-refractivity contribution in [1.29, 1.82) is 0 Å². The van der Waals surface area contributed by atoms with E-state index >= 15 is 0 Å². The number of nitrogen functional groups attached to an aromatic ring is 1. The fourth-order valence-electron chi connectivity index (χ4n) is 2.47. The number of nitrogens with two attached hydrogens (primary N) is 1. The molecular weight excluding hydrogens is 208 g/mol. The number of hydrogen-bond acceptors (Lipinski definition) is 2. The summed E-state index contributed by atoms with van der Waals surface area (Å²) in [6.07, 6.45) is 7.50.